The summed E-state index contributed by atoms with van der Waals surface area (Å²) >= 11 is 0. The minimum absolute atomic E-state index is 0.00482. The van der Waals surface area contributed by atoms with Gasteiger partial charge in [-0.3, -0.25) is 14.0 Å². The van der Waals surface area contributed by atoms with E-state index in [-0.39, 0.29) is 42.3 Å². The molecule has 0 bridgehead atoms. The van der Waals surface area contributed by atoms with Crippen molar-refractivity contribution in [1.82, 2.24) is 24.8 Å². The Labute approximate surface area is 158 Å². The van der Waals surface area contributed by atoms with Crippen LogP contribution in [0.4, 0.5) is 13.2 Å². The molecule has 1 saturated carbocycles. The first-order chi connectivity index (χ1) is 13.3. The summed E-state index contributed by atoms with van der Waals surface area (Å²) in [6.45, 7) is 0.337. The van der Waals surface area contributed by atoms with Crippen LogP contribution < -0.4 is 5.32 Å². The molecule has 2 aromatic heterocycles. The molecule has 150 valence electrons. The minimum Gasteiger partial charge on any atom is -0.348 e. The van der Waals surface area contributed by atoms with Crippen molar-refractivity contribution in [3.8, 4) is 0 Å². The standard InChI is InChI=1S/C18H20F3N5O2/c19-18(20,21)12-5-6-14-23-24-15(26(14)10-12)8-22-17(28)11-7-16(27)25(9-11)13-3-1-2-4-13/h5-6,10-11,13H,1-4,7-9H2,(H,22,28)/t11-/m0/s1. The molecule has 0 unspecified atom stereocenters. The molecule has 1 saturated heterocycles. The zero-order valence-electron chi connectivity index (χ0n) is 15.1. The normalized spacial score (nSPS) is 21.0. The van der Waals surface area contributed by atoms with E-state index in [4.69, 9.17) is 0 Å². The highest BCUT2D eigenvalue weighted by Gasteiger charge is 2.38. The predicted molar refractivity (Wildman–Crippen MR) is 91.9 cm³/mol. The van der Waals surface area contributed by atoms with E-state index in [1.54, 1.807) is 4.90 Å². The quantitative estimate of drug-likeness (QED) is 0.861. The number of carbonyl (C=O) groups excluding carboxylic acids is 2. The number of fused-ring (bicyclic) bond motifs is 1. The number of carbonyl (C=O) groups is 2. The number of alkyl halides is 3. The third kappa shape index (κ3) is 3.55. The van der Waals surface area contributed by atoms with E-state index in [2.05, 4.69) is 15.5 Å². The lowest BCUT2D eigenvalue weighted by Gasteiger charge is -2.23. The molecule has 3 heterocycles. The van der Waals surface area contributed by atoms with Crippen LogP contribution in [0.3, 0.4) is 0 Å². The largest absolute Gasteiger partial charge is 0.417 e. The van der Waals surface area contributed by atoms with Gasteiger partial charge in [-0.2, -0.15) is 13.2 Å². The van der Waals surface area contributed by atoms with Gasteiger partial charge in [-0.05, 0) is 25.0 Å². The van der Waals surface area contributed by atoms with E-state index in [9.17, 15) is 22.8 Å². The fraction of sp³-hybridized carbons (Fsp3) is 0.556. The Bertz CT molecular complexity index is 904. The summed E-state index contributed by atoms with van der Waals surface area (Å²) in [7, 11) is 0. The molecule has 1 aliphatic heterocycles. The number of nitrogens with zero attached hydrogens (tertiary/aromatic N) is 4. The second-order valence-corrected chi connectivity index (χ2v) is 7.36. The highest BCUT2D eigenvalue weighted by Crippen LogP contribution is 2.30. The lowest BCUT2D eigenvalue weighted by Crippen LogP contribution is -2.37. The Morgan fingerprint density at radius 2 is 1.96 bits per heavy atom. The van der Waals surface area contributed by atoms with Crippen molar-refractivity contribution in [3.05, 3.63) is 29.7 Å². The number of hydrogen-bond acceptors (Lipinski definition) is 4. The monoisotopic (exact) mass is 395 g/mol. The molecule has 1 atom stereocenters. The Balaban J connectivity index is 1.42. The van der Waals surface area contributed by atoms with E-state index in [1.165, 1.54) is 10.5 Å². The molecule has 2 amide bonds. The van der Waals surface area contributed by atoms with E-state index in [0.29, 0.717) is 6.54 Å². The Morgan fingerprint density at radius 1 is 1.21 bits per heavy atom. The molecule has 2 aromatic rings. The molecule has 0 aromatic carbocycles. The number of likely N-dealkylation sites (tertiary alicyclic amines) is 1. The summed E-state index contributed by atoms with van der Waals surface area (Å²) in [5.41, 5.74) is -0.554. The summed E-state index contributed by atoms with van der Waals surface area (Å²) < 4.78 is 40.0. The maximum absolute atomic E-state index is 12.9. The molecule has 28 heavy (non-hydrogen) atoms. The van der Waals surface area contributed by atoms with Gasteiger partial charge >= 0.3 is 6.18 Å². The Hall–Kier alpha value is -2.65. The number of nitrogens with one attached hydrogen (secondary N) is 1. The number of pyridine rings is 1. The van der Waals surface area contributed by atoms with Gasteiger partial charge in [0.2, 0.25) is 11.8 Å². The van der Waals surface area contributed by atoms with Gasteiger partial charge in [0.1, 0.15) is 0 Å². The van der Waals surface area contributed by atoms with Gasteiger partial charge in [-0.15, -0.1) is 10.2 Å². The van der Waals surface area contributed by atoms with Crippen molar-refractivity contribution in [2.24, 2.45) is 5.92 Å². The van der Waals surface area contributed by atoms with Crippen LogP contribution in [0.5, 0.6) is 0 Å². The summed E-state index contributed by atoms with van der Waals surface area (Å²) in [6, 6.07) is 2.40. The molecule has 2 aliphatic rings. The lowest BCUT2D eigenvalue weighted by molar-refractivity contribution is -0.138. The number of aromatic nitrogens is 3. The van der Waals surface area contributed by atoms with E-state index < -0.39 is 17.7 Å². The van der Waals surface area contributed by atoms with Crippen molar-refractivity contribution in [3.63, 3.8) is 0 Å². The van der Waals surface area contributed by atoms with Crippen LogP contribution in [-0.2, 0) is 22.3 Å². The highest BCUT2D eigenvalue weighted by molar-refractivity contribution is 5.89. The summed E-state index contributed by atoms with van der Waals surface area (Å²) in [6.07, 6.45) is 0.767. The fourth-order valence-corrected chi connectivity index (χ4v) is 4.01. The molecule has 0 spiro atoms. The zero-order chi connectivity index (χ0) is 19.9. The molecule has 1 aliphatic carbocycles. The second-order valence-electron chi connectivity index (χ2n) is 7.36. The molecule has 0 radical (unpaired) electrons. The van der Waals surface area contributed by atoms with Crippen LogP contribution in [0.25, 0.3) is 5.65 Å². The number of hydrogen-bond donors (Lipinski definition) is 1. The fourth-order valence-electron chi connectivity index (χ4n) is 4.01. The molecular weight excluding hydrogens is 375 g/mol. The van der Waals surface area contributed by atoms with E-state index in [1.807, 2.05) is 0 Å². The number of rotatable bonds is 4. The first-order valence-electron chi connectivity index (χ1n) is 9.31. The van der Waals surface area contributed by atoms with Gasteiger partial charge in [0.05, 0.1) is 18.0 Å². The van der Waals surface area contributed by atoms with E-state index >= 15 is 0 Å². The molecule has 4 rings (SSSR count). The summed E-state index contributed by atoms with van der Waals surface area (Å²) in [5, 5.41) is 10.4. The zero-order valence-corrected chi connectivity index (χ0v) is 15.1. The topological polar surface area (TPSA) is 79.6 Å². The van der Waals surface area contributed by atoms with Crippen molar-refractivity contribution in [2.45, 2.75) is 50.9 Å². The highest BCUT2D eigenvalue weighted by atomic mass is 19.4. The maximum atomic E-state index is 12.9. The van der Waals surface area contributed by atoms with Gasteiger partial charge in [0, 0.05) is 25.2 Å². The van der Waals surface area contributed by atoms with E-state index in [0.717, 1.165) is 37.9 Å². The van der Waals surface area contributed by atoms with Gasteiger partial charge in [0.15, 0.2) is 11.5 Å². The van der Waals surface area contributed by atoms with Crippen molar-refractivity contribution >= 4 is 17.5 Å². The van der Waals surface area contributed by atoms with Crippen LogP contribution in [0.1, 0.15) is 43.5 Å². The SMILES string of the molecule is O=C(NCc1nnc2ccc(C(F)(F)F)cn12)[C@H]1CC(=O)N(C2CCCC2)C1. The third-order valence-corrected chi connectivity index (χ3v) is 5.52. The third-order valence-electron chi connectivity index (χ3n) is 5.52. The van der Waals surface area contributed by atoms with Crippen LogP contribution >= 0.6 is 0 Å². The smallest absolute Gasteiger partial charge is 0.348 e. The number of halogens is 3. The Kier molecular flexibility index (Phi) is 4.72. The average molecular weight is 395 g/mol. The van der Waals surface area contributed by atoms with Crippen LogP contribution in [0.2, 0.25) is 0 Å². The van der Waals surface area contributed by atoms with Gasteiger partial charge < -0.3 is 10.2 Å². The van der Waals surface area contributed by atoms with Crippen molar-refractivity contribution < 1.29 is 22.8 Å². The van der Waals surface area contributed by atoms with Gasteiger partial charge in [0.25, 0.3) is 0 Å². The molecule has 1 N–H and O–H groups in total. The lowest BCUT2D eigenvalue weighted by atomic mass is 10.1. The average Bonchev–Trinajstić information content (AvgIpc) is 3.38. The number of amides is 2. The molecule has 10 heteroatoms. The first kappa shape index (κ1) is 18.7. The van der Waals surface area contributed by atoms with Gasteiger partial charge in [-0.1, -0.05) is 12.8 Å². The summed E-state index contributed by atoms with van der Waals surface area (Å²) in [5.74, 6) is -0.545. The molecular formula is C18H20F3N5O2. The van der Waals surface area contributed by atoms with Crippen LogP contribution in [0.15, 0.2) is 18.3 Å². The minimum atomic E-state index is -4.48. The Morgan fingerprint density at radius 3 is 2.68 bits per heavy atom. The molecule has 2 fully saturated rings. The molecule has 7 nitrogen and oxygen atoms in total. The van der Waals surface area contributed by atoms with Crippen LogP contribution in [0, 0.1) is 5.92 Å². The first-order valence-corrected chi connectivity index (χ1v) is 9.31. The summed E-state index contributed by atoms with van der Waals surface area (Å²) in [4.78, 5) is 26.5. The van der Waals surface area contributed by atoms with Crippen molar-refractivity contribution in [1.29, 1.82) is 0 Å². The predicted octanol–water partition coefficient (Wildman–Crippen LogP) is 2.16. The van der Waals surface area contributed by atoms with Crippen molar-refractivity contribution in [2.75, 3.05) is 6.54 Å². The van der Waals surface area contributed by atoms with Crippen LogP contribution in [-0.4, -0.2) is 43.9 Å². The maximum Gasteiger partial charge on any atom is 0.417 e. The van der Waals surface area contributed by atoms with Gasteiger partial charge in [-0.25, -0.2) is 0 Å². The second kappa shape index (κ2) is 7.06.